The van der Waals surface area contributed by atoms with Crippen LogP contribution in [0.3, 0.4) is 0 Å². The Hall–Kier alpha value is -1.89. The SMILES string of the molecule is CC(C)(C)c1ccc(NC(=O)COC(=O)C[C@H]2CCS(=O)(=O)C2)cc1. The third kappa shape index (κ3) is 6.16. The maximum Gasteiger partial charge on any atom is 0.306 e. The molecule has 0 saturated carbocycles. The first-order valence-electron chi connectivity index (χ1n) is 8.31. The summed E-state index contributed by atoms with van der Waals surface area (Å²) in [4.78, 5) is 23.6. The lowest BCUT2D eigenvalue weighted by atomic mass is 9.87. The Labute approximate surface area is 148 Å². The average molecular weight is 367 g/mol. The van der Waals surface area contributed by atoms with Gasteiger partial charge < -0.3 is 10.1 Å². The molecule has 1 heterocycles. The molecule has 1 aromatic carbocycles. The number of nitrogens with one attached hydrogen (secondary N) is 1. The van der Waals surface area contributed by atoms with Crippen molar-refractivity contribution in [1.29, 1.82) is 0 Å². The van der Waals surface area contributed by atoms with Gasteiger partial charge in [0.2, 0.25) is 0 Å². The molecular weight excluding hydrogens is 342 g/mol. The van der Waals surface area contributed by atoms with Gasteiger partial charge in [-0.2, -0.15) is 0 Å². The van der Waals surface area contributed by atoms with Crippen molar-refractivity contribution in [1.82, 2.24) is 0 Å². The second-order valence-corrected chi connectivity index (χ2v) is 9.74. The van der Waals surface area contributed by atoms with Gasteiger partial charge in [0, 0.05) is 12.1 Å². The Morgan fingerprint density at radius 2 is 1.84 bits per heavy atom. The van der Waals surface area contributed by atoms with Crippen molar-refractivity contribution in [3.05, 3.63) is 29.8 Å². The number of rotatable bonds is 5. The Balaban J connectivity index is 1.76. The second kappa shape index (κ2) is 7.56. The molecule has 25 heavy (non-hydrogen) atoms. The molecule has 1 saturated heterocycles. The summed E-state index contributed by atoms with van der Waals surface area (Å²) in [6, 6.07) is 7.51. The van der Waals surface area contributed by atoms with Crippen LogP contribution in [-0.4, -0.2) is 38.4 Å². The Bertz CT molecular complexity index is 732. The highest BCUT2D eigenvalue weighted by molar-refractivity contribution is 7.91. The highest BCUT2D eigenvalue weighted by atomic mass is 32.2. The number of carbonyl (C=O) groups is 2. The van der Waals surface area contributed by atoms with E-state index in [1.54, 1.807) is 0 Å². The second-order valence-electron chi connectivity index (χ2n) is 7.51. The van der Waals surface area contributed by atoms with Gasteiger partial charge in [0.1, 0.15) is 0 Å². The summed E-state index contributed by atoms with van der Waals surface area (Å²) in [5.74, 6) is -1.02. The predicted octanol–water partition coefficient (Wildman–Crippen LogP) is 2.29. The zero-order valence-electron chi connectivity index (χ0n) is 14.9. The summed E-state index contributed by atoms with van der Waals surface area (Å²) in [5, 5.41) is 2.67. The fraction of sp³-hybridized carbons (Fsp3) is 0.556. The molecule has 0 bridgehead atoms. The Morgan fingerprint density at radius 1 is 1.20 bits per heavy atom. The highest BCUT2D eigenvalue weighted by Crippen LogP contribution is 2.24. The minimum atomic E-state index is -3.01. The molecule has 7 heteroatoms. The summed E-state index contributed by atoms with van der Waals surface area (Å²) in [6.45, 7) is 5.94. The number of carbonyl (C=O) groups excluding carboxylic acids is 2. The van der Waals surface area contributed by atoms with E-state index >= 15 is 0 Å². The molecule has 0 unspecified atom stereocenters. The first-order valence-corrected chi connectivity index (χ1v) is 10.1. The first-order chi connectivity index (χ1) is 11.5. The van der Waals surface area contributed by atoms with E-state index in [1.165, 1.54) is 0 Å². The lowest BCUT2D eigenvalue weighted by Gasteiger charge is -2.19. The van der Waals surface area contributed by atoms with Gasteiger partial charge in [-0.3, -0.25) is 9.59 Å². The normalized spacial score (nSPS) is 19.4. The third-order valence-corrected chi connectivity index (χ3v) is 6.02. The molecule has 6 nitrogen and oxygen atoms in total. The number of esters is 1. The zero-order valence-corrected chi connectivity index (χ0v) is 15.7. The van der Waals surface area contributed by atoms with Gasteiger partial charge in [-0.05, 0) is 35.4 Å². The number of amides is 1. The fourth-order valence-electron chi connectivity index (χ4n) is 2.72. The minimum absolute atomic E-state index is 0.0222. The van der Waals surface area contributed by atoms with Crippen LogP contribution in [0.4, 0.5) is 5.69 Å². The molecule has 1 atom stereocenters. The topological polar surface area (TPSA) is 89.5 Å². The molecule has 0 spiro atoms. The van der Waals surface area contributed by atoms with Crippen molar-refractivity contribution in [3.63, 3.8) is 0 Å². The molecule has 0 aromatic heterocycles. The average Bonchev–Trinajstić information content (AvgIpc) is 2.83. The number of sulfone groups is 1. The van der Waals surface area contributed by atoms with Crippen molar-refractivity contribution < 1.29 is 22.7 Å². The number of anilines is 1. The van der Waals surface area contributed by atoms with Crippen LogP contribution >= 0.6 is 0 Å². The van der Waals surface area contributed by atoms with Gasteiger partial charge in [-0.25, -0.2) is 8.42 Å². The molecule has 138 valence electrons. The minimum Gasteiger partial charge on any atom is -0.456 e. The standard InChI is InChI=1S/C18H25NO5S/c1-18(2,3)14-4-6-15(7-5-14)19-16(20)11-24-17(21)10-13-8-9-25(22,23)12-13/h4-7,13H,8-12H2,1-3H3,(H,19,20)/t13-/m1/s1. The summed E-state index contributed by atoms with van der Waals surface area (Å²) in [5.41, 5.74) is 1.82. The molecule has 0 aliphatic carbocycles. The van der Waals surface area contributed by atoms with Crippen molar-refractivity contribution in [2.75, 3.05) is 23.4 Å². The summed E-state index contributed by atoms with van der Waals surface area (Å²) in [6.07, 6.45) is 0.510. The van der Waals surface area contributed by atoms with E-state index in [4.69, 9.17) is 4.74 Å². The largest absolute Gasteiger partial charge is 0.456 e. The van der Waals surface area contributed by atoms with E-state index in [1.807, 2.05) is 24.3 Å². The molecular formula is C18H25NO5S. The number of benzene rings is 1. The van der Waals surface area contributed by atoms with Crippen molar-refractivity contribution >= 4 is 27.4 Å². The van der Waals surface area contributed by atoms with Gasteiger partial charge in [0.05, 0.1) is 11.5 Å². The zero-order chi connectivity index (χ0) is 18.7. The number of hydrogen-bond donors (Lipinski definition) is 1. The maximum absolute atomic E-state index is 11.9. The van der Waals surface area contributed by atoms with Crippen LogP contribution in [-0.2, 0) is 29.6 Å². The molecule has 2 rings (SSSR count). The van der Waals surface area contributed by atoms with Gasteiger partial charge in [-0.1, -0.05) is 32.9 Å². The summed E-state index contributed by atoms with van der Waals surface area (Å²) in [7, 11) is -3.01. The summed E-state index contributed by atoms with van der Waals surface area (Å²) < 4.78 is 27.7. The van der Waals surface area contributed by atoms with Crippen molar-refractivity contribution in [2.24, 2.45) is 5.92 Å². The third-order valence-electron chi connectivity index (χ3n) is 4.18. The fourth-order valence-corrected chi connectivity index (χ4v) is 4.59. The first kappa shape index (κ1) is 19.4. The maximum atomic E-state index is 11.9. The van der Waals surface area contributed by atoms with Crippen LogP contribution in [0.2, 0.25) is 0 Å². The molecule has 1 amide bonds. The van der Waals surface area contributed by atoms with Crippen LogP contribution in [0.5, 0.6) is 0 Å². The Morgan fingerprint density at radius 3 is 2.36 bits per heavy atom. The lowest BCUT2D eigenvalue weighted by molar-refractivity contribution is -0.148. The van der Waals surface area contributed by atoms with E-state index in [0.717, 1.165) is 5.56 Å². The Kier molecular flexibility index (Phi) is 5.87. The number of ether oxygens (including phenoxy) is 1. The predicted molar refractivity (Wildman–Crippen MR) is 96.1 cm³/mol. The van der Waals surface area contributed by atoms with E-state index in [9.17, 15) is 18.0 Å². The summed E-state index contributed by atoms with van der Waals surface area (Å²) >= 11 is 0. The lowest BCUT2D eigenvalue weighted by Crippen LogP contribution is -2.22. The number of hydrogen-bond acceptors (Lipinski definition) is 5. The molecule has 1 N–H and O–H groups in total. The smallest absolute Gasteiger partial charge is 0.306 e. The monoisotopic (exact) mass is 367 g/mol. The van der Waals surface area contributed by atoms with E-state index in [2.05, 4.69) is 26.1 Å². The van der Waals surface area contributed by atoms with Crippen LogP contribution in [0.1, 0.15) is 39.2 Å². The van der Waals surface area contributed by atoms with Crippen LogP contribution < -0.4 is 5.32 Å². The quantitative estimate of drug-likeness (QED) is 0.807. The van der Waals surface area contributed by atoms with E-state index in [-0.39, 0.29) is 35.9 Å². The van der Waals surface area contributed by atoms with E-state index < -0.39 is 21.7 Å². The van der Waals surface area contributed by atoms with Crippen molar-refractivity contribution in [3.8, 4) is 0 Å². The van der Waals surface area contributed by atoms with Gasteiger partial charge in [0.15, 0.2) is 16.4 Å². The molecule has 1 aliphatic heterocycles. The molecule has 1 aromatic rings. The van der Waals surface area contributed by atoms with Crippen LogP contribution in [0.15, 0.2) is 24.3 Å². The molecule has 1 aliphatic rings. The highest BCUT2D eigenvalue weighted by Gasteiger charge is 2.30. The van der Waals surface area contributed by atoms with Crippen LogP contribution in [0.25, 0.3) is 0 Å². The van der Waals surface area contributed by atoms with E-state index in [0.29, 0.717) is 12.1 Å². The van der Waals surface area contributed by atoms with Gasteiger partial charge in [0.25, 0.3) is 5.91 Å². The van der Waals surface area contributed by atoms with Crippen LogP contribution in [0, 0.1) is 5.92 Å². The van der Waals surface area contributed by atoms with Gasteiger partial charge >= 0.3 is 5.97 Å². The van der Waals surface area contributed by atoms with Crippen molar-refractivity contribution in [2.45, 2.75) is 39.0 Å². The molecule has 0 radical (unpaired) electrons. The van der Waals surface area contributed by atoms with Gasteiger partial charge in [-0.15, -0.1) is 0 Å². The molecule has 1 fully saturated rings.